The first-order valence-corrected chi connectivity index (χ1v) is 7.57. The van der Waals surface area contributed by atoms with E-state index in [9.17, 15) is 9.59 Å². The first-order chi connectivity index (χ1) is 10.5. The highest BCUT2D eigenvalue weighted by Gasteiger charge is 2.26. The Kier molecular flexibility index (Phi) is 7.60. The topological polar surface area (TPSA) is 67.4 Å². The molecule has 0 aliphatic rings. The number of hydrogen-bond donors (Lipinski definition) is 2. The van der Waals surface area contributed by atoms with Crippen LogP contribution in [0.2, 0.25) is 0 Å². The summed E-state index contributed by atoms with van der Waals surface area (Å²) in [7, 11) is 3.08. The fraction of sp³-hybridized carbons (Fsp3) is 0.529. The summed E-state index contributed by atoms with van der Waals surface area (Å²) in [6.45, 7) is 4.11. The van der Waals surface area contributed by atoms with E-state index in [-0.39, 0.29) is 11.9 Å². The van der Waals surface area contributed by atoms with Gasteiger partial charge in [0.25, 0.3) is 0 Å². The van der Waals surface area contributed by atoms with Crippen molar-refractivity contribution < 1.29 is 14.3 Å². The Morgan fingerprint density at radius 2 is 1.77 bits per heavy atom. The molecule has 0 spiro atoms. The lowest BCUT2D eigenvalue weighted by Crippen LogP contribution is -2.50. The van der Waals surface area contributed by atoms with E-state index in [1.807, 2.05) is 30.3 Å². The van der Waals surface area contributed by atoms with Crippen LogP contribution in [0.15, 0.2) is 30.3 Å². The highest BCUT2D eigenvalue weighted by molar-refractivity contribution is 5.87. The van der Waals surface area contributed by atoms with E-state index in [4.69, 9.17) is 4.74 Å². The van der Waals surface area contributed by atoms with Gasteiger partial charge in [-0.25, -0.2) is 4.79 Å². The maximum atomic E-state index is 12.3. The number of carbonyl (C=O) groups excluding carboxylic acids is 2. The predicted octanol–water partition coefficient (Wildman–Crippen LogP) is 1.52. The number of likely N-dealkylation sites (N-methyl/N-ethyl adjacent to an activating group) is 1. The van der Waals surface area contributed by atoms with Gasteiger partial charge in [-0.15, -0.1) is 0 Å². The maximum Gasteiger partial charge on any atom is 0.328 e. The fourth-order valence-corrected chi connectivity index (χ4v) is 2.29. The third-order valence-electron chi connectivity index (χ3n) is 3.46. The average molecular weight is 306 g/mol. The zero-order valence-corrected chi connectivity index (χ0v) is 13.8. The standard InChI is InChI=1S/C17H26N2O3/c1-12(2)10-14(18-3)16(20)19-15(17(21)22-4)11-13-8-6-5-7-9-13/h5-9,12,14-15,18H,10-11H2,1-4H3,(H,19,20)/t14-,15-/m0/s1. The zero-order chi connectivity index (χ0) is 16.5. The monoisotopic (exact) mass is 306 g/mol. The summed E-state index contributed by atoms with van der Waals surface area (Å²) in [6.07, 6.45) is 1.12. The Morgan fingerprint density at radius 3 is 2.27 bits per heavy atom. The summed E-state index contributed by atoms with van der Waals surface area (Å²) in [6, 6.07) is 8.57. The molecule has 0 bridgehead atoms. The summed E-state index contributed by atoms with van der Waals surface area (Å²) in [4.78, 5) is 24.3. The Morgan fingerprint density at radius 1 is 1.14 bits per heavy atom. The van der Waals surface area contributed by atoms with Gasteiger partial charge in [0.15, 0.2) is 0 Å². The molecule has 5 nitrogen and oxygen atoms in total. The van der Waals surface area contributed by atoms with Gasteiger partial charge in [0.1, 0.15) is 6.04 Å². The van der Waals surface area contributed by atoms with Gasteiger partial charge in [0, 0.05) is 6.42 Å². The summed E-state index contributed by atoms with van der Waals surface area (Å²) < 4.78 is 4.81. The number of benzene rings is 1. The molecule has 0 aliphatic carbocycles. The van der Waals surface area contributed by atoms with Gasteiger partial charge >= 0.3 is 5.97 Å². The molecule has 2 atom stereocenters. The number of methoxy groups -OCH3 is 1. The minimum absolute atomic E-state index is 0.178. The summed E-state index contributed by atoms with van der Waals surface area (Å²) in [5.74, 6) is -0.229. The van der Waals surface area contributed by atoms with Gasteiger partial charge in [-0.2, -0.15) is 0 Å². The van der Waals surface area contributed by atoms with Gasteiger partial charge in [0.05, 0.1) is 13.2 Å². The van der Waals surface area contributed by atoms with Gasteiger partial charge < -0.3 is 15.4 Å². The third-order valence-corrected chi connectivity index (χ3v) is 3.46. The molecule has 0 fully saturated rings. The van der Waals surface area contributed by atoms with Gasteiger partial charge in [-0.3, -0.25) is 4.79 Å². The first-order valence-electron chi connectivity index (χ1n) is 7.57. The molecule has 0 saturated heterocycles. The largest absolute Gasteiger partial charge is 0.467 e. The molecule has 22 heavy (non-hydrogen) atoms. The van der Waals surface area contributed by atoms with Crippen LogP contribution >= 0.6 is 0 Å². The Bertz CT molecular complexity index is 474. The summed E-state index contributed by atoms with van der Waals surface area (Å²) in [5, 5.41) is 5.79. The Hall–Kier alpha value is -1.88. The molecular weight excluding hydrogens is 280 g/mol. The van der Waals surface area contributed by atoms with E-state index >= 15 is 0 Å². The number of amides is 1. The molecule has 0 aromatic heterocycles. The van der Waals surface area contributed by atoms with Crippen LogP contribution in [-0.4, -0.2) is 38.1 Å². The predicted molar refractivity (Wildman–Crippen MR) is 86.4 cm³/mol. The van der Waals surface area contributed by atoms with Crippen LogP contribution in [-0.2, 0) is 20.7 Å². The minimum atomic E-state index is -0.678. The second-order valence-corrected chi connectivity index (χ2v) is 5.74. The van der Waals surface area contributed by atoms with Crippen molar-refractivity contribution in [1.82, 2.24) is 10.6 Å². The molecule has 122 valence electrons. The quantitative estimate of drug-likeness (QED) is 0.715. The molecule has 0 aliphatic heterocycles. The fourth-order valence-electron chi connectivity index (χ4n) is 2.29. The summed E-state index contributed by atoms with van der Waals surface area (Å²) >= 11 is 0. The zero-order valence-electron chi connectivity index (χ0n) is 13.8. The lowest BCUT2D eigenvalue weighted by Gasteiger charge is -2.22. The number of rotatable bonds is 8. The maximum absolute atomic E-state index is 12.3. The number of hydrogen-bond acceptors (Lipinski definition) is 4. The number of esters is 1. The molecule has 0 radical (unpaired) electrons. The smallest absolute Gasteiger partial charge is 0.328 e. The molecule has 2 N–H and O–H groups in total. The average Bonchev–Trinajstić information content (AvgIpc) is 2.51. The Balaban J connectivity index is 2.76. The molecule has 0 saturated carbocycles. The van der Waals surface area contributed by atoms with Crippen molar-refractivity contribution in [1.29, 1.82) is 0 Å². The van der Waals surface area contributed by atoms with Crippen LogP contribution in [0.1, 0.15) is 25.8 Å². The van der Waals surface area contributed by atoms with Gasteiger partial charge in [-0.05, 0) is 24.9 Å². The van der Waals surface area contributed by atoms with Crippen molar-refractivity contribution in [3.05, 3.63) is 35.9 Å². The molecule has 0 unspecified atom stereocenters. The van der Waals surface area contributed by atoms with Crippen molar-refractivity contribution >= 4 is 11.9 Å². The molecule has 1 amide bonds. The van der Waals surface area contributed by atoms with E-state index < -0.39 is 12.0 Å². The van der Waals surface area contributed by atoms with Crippen molar-refractivity contribution in [3.8, 4) is 0 Å². The molecule has 1 aromatic carbocycles. The minimum Gasteiger partial charge on any atom is -0.467 e. The van der Waals surface area contributed by atoms with Crippen LogP contribution < -0.4 is 10.6 Å². The second kappa shape index (κ2) is 9.20. The highest BCUT2D eigenvalue weighted by atomic mass is 16.5. The number of carbonyl (C=O) groups is 2. The van der Waals surface area contributed by atoms with Crippen LogP contribution in [0.5, 0.6) is 0 Å². The Labute approximate surface area is 132 Å². The van der Waals surface area contributed by atoms with E-state index in [2.05, 4.69) is 24.5 Å². The lowest BCUT2D eigenvalue weighted by molar-refractivity contribution is -0.145. The van der Waals surface area contributed by atoms with E-state index in [1.165, 1.54) is 7.11 Å². The van der Waals surface area contributed by atoms with Crippen molar-refractivity contribution in [2.45, 2.75) is 38.8 Å². The molecule has 1 aromatic rings. The van der Waals surface area contributed by atoms with Crippen LogP contribution in [0.4, 0.5) is 0 Å². The van der Waals surface area contributed by atoms with Crippen LogP contribution in [0.3, 0.4) is 0 Å². The first kappa shape index (κ1) is 18.2. The lowest BCUT2D eigenvalue weighted by atomic mass is 10.0. The SMILES string of the molecule is CN[C@@H](CC(C)C)C(=O)N[C@@H](Cc1ccccc1)C(=O)OC. The number of nitrogens with one attached hydrogen (secondary N) is 2. The molecule has 1 rings (SSSR count). The summed E-state index contributed by atoms with van der Waals surface area (Å²) in [5.41, 5.74) is 0.975. The van der Waals surface area contributed by atoms with Crippen molar-refractivity contribution in [2.75, 3.05) is 14.2 Å². The van der Waals surface area contributed by atoms with Crippen molar-refractivity contribution in [3.63, 3.8) is 0 Å². The highest BCUT2D eigenvalue weighted by Crippen LogP contribution is 2.08. The van der Waals surface area contributed by atoms with E-state index in [1.54, 1.807) is 7.05 Å². The van der Waals surface area contributed by atoms with Crippen molar-refractivity contribution in [2.24, 2.45) is 5.92 Å². The molecule has 0 heterocycles. The molecule has 5 heteroatoms. The van der Waals surface area contributed by atoms with Crippen LogP contribution in [0, 0.1) is 5.92 Å². The van der Waals surface area contributed by atoms with Gasteiger partial charge in [0.2, 0.25) is 5.91 Å². The normalized spacial score (nSPS) is 13.5. The van der Waals surface area contributed by atoms with Gasteiger partial charge in [-0.1, -0.05) is 44.2 Å². The van der Waals surface area contributed by atoms with E-state index in [0.29, 0.717) is 18.8 Å². The van der Waals surface area contributed by atoms with E-state index in [0.717, 1.165) is 5.56 Å². The number of ether oxygens (including phenoxy) is 1. The van der Waals surface area contributed by atoms with Crippen LogP contribution in [0.25, 0.3) is 0 Å². The molecular formula is C17H26N2O3. The third kappa shape index (κ3) is 5.85. The second-order valence-electron chi connectivity index (χ2n) is 5.74.